The van der Waals surface area contributed by atoms with Crippen molar-refractivity contribution in [1.29, 1.82) is 0 Å². The van der Waals surface area contributed by atoms with E-state index in [4.69, 9.17) is 0 Å². The molecule has 5 heteroatoms. The molecule has 0 saturated heterocycles. The van der Waals surface area contributed by atoms with Crippen molar-refractivity contribution in [2.24, 2.45) is 0 Å². The third kappa shape index (κ3) is 2.74. The van der Waals surface area contributed by atoms with Gasteiger partial charge in [0, 0.05) is 12.7 Å². The molecule has 0 aliphatic heterocycles. The standard InChI is InChI=1S/C11H12F3NO/c1-7-4-8(2)6-9(5-7)15(3)10(16)11(12,13)14/h4-6H,1-3H3. The molecule has 0 unspecified atom stereocenters. The molecule has 0 saturated carbocycles. The summed E-state index contributed by atoms with van der Waals surface area (Å²) in [6.45, 7) is 3.53. The van der Waals surface area contributed by atoms with Crippen LogP contribution in [0.2, 0.25) is 0 Å². The summed E-state index contributed by atoms with van der Waals surface area (Å²) in [5, 5.41) is 0. The lowest BCUT2D eigenvalue weighted by atomic mass is 10.1. The molecular weight excluding hydrogens is 219 g/mol. The summed E-state index contributed by atoms with van der Waals surface area (Å²) < 4.78 is 36.6. The van der Waals surface area contributed by atoms with Gasteiger partial charge in [-0.25, -0.2) is 0 Å². The Kier molecular flexibility index (Phi) is 3.26. The maximum absolute atomic E-state index is 12.2. The fourth-order valence-electron chi connectivity index (χ4n) is 1.45. The Morgan fingerprint density at radius 1 is 1.12 bits per heavy atom. The number of benzene rings is 1. The molecule has 0 spiro atoms. The first-order valence-electron chi connectivity index (χ1n) is 4.65. The van der Waals surface area contributed by atoms with Crippen LogP contribution in [0, 0.1) is 13.8 Å². The molecule has 1 amide bonds. The molecule has 16 heavy (non-hydrogen) atoms. The lowest BCUT2D eigenvalue weighted by molar-refractivity contribution is -0.170. The second kappa shape index (κ2) is 4.15. The van der Waals surface area contributed by atoms with Gasteiger partial charge in [-0.15, -0.1) is 0 Å². The highest BCUT2D eigenvalue weighted by Gasteiger charge is 2.41. The first kappa shape index (κ1) is 12.5. The summed E-state index contributed by atoms with van der Waals surface area (Å²) in [5.41, 5.74) is 1.88. The number of amides is 1. The molecule has 0 aliphatic rings. The number of carbonyl (C=O) groups is 1. The minimum absolute atomic E-state index is 0.250. The smallest absolute Gasteiger partial charge is 0.308 e. The molecule has 0 atom stereocenters. The molecule has 0 aromatic heterocycles. The summed E-state index contributed by atoms with van der Waals surface area (Å²) in [4.78, 5) is 11.6. The first-order valence-corrected chi connectivity index (χ1v) is 4.65. The molecule has 0 aliphatic carbocycles. The number of alkyl halides is 3. The van der Waals surface area contributed by atoms with Crippen LogP contribution in [0.5, 0.6) is 0 Å². The van der Waals surface area contributed by atoms with Crippen molar-refractivity contribution in [3.05, 3.63) is 29.3 Å². The van der Waals surface area contributed by atoms with E-state index in [-0.39, 0.29) is 5.69 Å². The van der Waals surface area contributed by atoms with Gasteiger partial charge in [0.15, 0.2) is 0 Å². The fraction of sp³-hybridized carbons (Fsp3) is 0.364. The number of aryl methyl sites for hydroxylation is 2. The number of hydrogen-bond donors (Lipinski definition) is 0. The summed E-state index contributed by atoms with van der Waals surface area (Å²) >= 11 is 0. The van der Waals surface area contributed by atoms with Crippen molar-refractivity contribution in [3.63, 3.8) is 0 Å². The van der Waals surface area contributed by atoms with Gasteiger partial charge in [-0.05, 0) is 37.1 Å². The lowest BCUT2D eigenvalue weighted by Gasteiger charge is -2.19. The quantitative estimate of drug-likeness (QED) is 0.727. The van der Waals surface area contributed by atoms with E-state index in [0.717, 1.165) is 18.2 Å². The highest BCUT2D eigenvalue weighted by atomic mass is 19.4. The third-order valence-electron chi connectivity index (χ3n) is 2.14. The van der Waals surface area contributed by atoms with Crippen molar-refractivity contribution in [3.8, 4) is 0 Å². The number of hydrogen-bond acceptors (Lipinski definition) is 1. The number of halogens is 3. The van der Waals surface area contributed by atoms with E-state index in [1.165, 1.54) is 12.1 Å². The van der Waals surface area contributed by atoms with Crippen LogP contribution in [-0.2, 0) is 4.79 Å². The highest BCUT2D eigenvalue weighted by molar-refractivity contribution is 5.96. The van der Waals surface area contributed by atoms with E-state index >= 15 is 0 Å². The Balaban J connectivity index is 3.05. The second-order valence-corrected chi connectivity index (χ2v) is 3.71. The zero-order chi connectivity index (χ0) is 12.5. The van der Waals surface area contributed by atoms with Crippen LogP contribution in [-0.4, -0.2) is 19.1 Å². The van der Waals surface area contributed by atoms with Crippen LogP contribution >= 0.6 is 0 Å². The minimum atomic E-state index is -4.84. The Hall–Kier alpha value is -1.52. The predicted molar refractivity (Wildman–Crippen MR) is 55.4 cm³/mol. The topological polar surface area (TPSA) is 20.3 Å². The summed E-state index contributed by atoms with van der Waals surface area (Å²) in [6.07, 6.45) is -4.84. The summed E-state index contributed by atoms with van der Waals surface area (Å²) in [5.74, 6) is -1.86. The fourth-order valence-corrected chi connectivity index (χ4v) is 1.45. The molecule has 2 nitrogen and oxygen atoms in total. The Morgan fingerprint density at radius 2 is 1.56 bits per heavy atom. The van der Waals surface area contributed by atoms with Crippen LogP contribution in [0.25, 0.3) is 0 Å². The molecule has 0 heterocycles. The number of carbonyl (C=O) groups excluding carboxylic acids is 1. The van der Waals surface area contributed by atoms with Crippen LogP contribution in [0.15, 0.2) is 18.2 Å². The van der Waals surface area contributed by atoms with E-state index in [0.29, 0.717) is 4.90 Å². The first-order chi connectivity index (χ1) is 7.21. The van der Waals surface area contributed by atoms with E-state index < -0.39 is 12.1 Å². The van der Waals surface area contributed by atoms with E-state index in [1.807, 2.05) is 6.07 Å². The maximum atomic E-state index is 12.2. The molecule has 1 aromatic rings. The third-order valence-corrected chi connectivity index (χ3v) is 2.14. The monoisotopic (exact) mass is 231 g/mol. The SMILES string of the molecule is Cc1cc(C)cc(N(C)C(=O)C(F)(F)F)c1. The largest absolute Gasteiger partial charge is 0.471 e. The number of nitrogens with zero attached hydrogens (tertiary/aromatic N) is 1. The Bertz CT molecular complexity index is 392. The van der Waals surface area contributed by atoms with Gasteiger partial charge in [-0.1, -0.05) is 6.07 Å². The van der Waals surface area contributed by atoms with Crippen LogP contribution in [0.3, 0.4) is 0 Å². The summed E-state index contributed by atoms with van der Waals surface area (Å²) in [6, 6.07) is 4.91. The molecule has 1 rings (SSSR count). The zero-order valence-corrected chi connectivity index (χ0v) is 9.22. The van der Waals surface area contributed by atoms with Crippen LogP contribution in [0.4, 0.5) is 18.9 Å². The van der Waals surface area contributed by atoms with Gasteiger partial charge in [0.05, 0.1) is 0 Å². The average molecular weight is 231 g/mol. The number of anilines is 1. The van der Waals surface area contributed by atoms with Crippen molar-refractivity contribution in [2.45, 2.75) is 20.0 Å². The zero-order valence-electron chi connectivity index (χ0n) is 9.22. The molecule has 0 N–H and O–H groups in total. The van der Waals surface area contributed by atoms with E-state index in [1.54, 1.807) is 13.8 Å². The van der Waals surface area contributed by atoms with Crippen LogP contribution < -0.4 is 4.90 Å². The lowest BCUT2D eigenvalue weighted by Crippen LogP contribution is -2.38. The van der Waals surface area contributed by atoms with Gasteiger partial charge in [-0.2, -0.15) is 13.2 Å². The molecule has 88 valence electrons. The van der Waals surface area contributed by atoms with Crippen molar-refractivity contribution >= 4 is 11.6 Å². The van der Waals surface area contributed by atoms with Gasteiger partial charge in [0.2, 0.25) is 0 Å². The predicted octanol–water partition coefficient (Wildman–Crippen LogP) is 2.83. The summed E-state index contributed by atoms with van der Waals surface area (Å²) in [7, 11) is 1.12. The van der Waals surface area contributed by atoms with Crippen LogP contribution in [0.1, 0.15) is 11.1 Å². The van der Waals surface area contributed by atoms with E-state index in [9.17, 15) is 18.0 Å². The molecule has 0 bridgehead atoms. The number of rotatable bonds is 1. The molecule has 0 radical (unpaired) electrons. The van der Waals surface area contributed by atoms with Gasteiger partial charge >= 0.3 is 12.1 Å². The molecule has 0 fully saturated rings. The van der Waals surface area contributed by atoms with Gasteiger partial charge < -0.3 is 4.90 Å². The van der Waals surface area contributed by atoms with Crippen molar-refractivity contribution in [2.75, 3.05) is 11.9 Å². The Labute approximate surface area is 91.7 Å². The maximum Gasteiger partial charge on any atom is 0.471 e. The normalized spacial score (nSPS) is 11.4. The second-order valence-electron chi connectivity index (χ2n) is 3.71. The highest BCUT2D eigenvalue weighted by Crippen LogP contribution is 2.24. The molecular formula is C11H12F3NO. The molecule has 1 aromatic carbocycles. The Morgan fingerprint density at radius 3 is 1.94 bits per heavy atom. The van der Waals surface area contributed by atoms with Gasteiger partial charge in [0.1, 0.15) is 0 Å². The van der Waals surface area contributed by atoms with E-state index in [2.05, 4.69) is 0 Å². The van der Waals surface area contributed by atoms with Gasteiger partial charge in [-0.3, -0.25) is 4.79 Å². The average Bonchev–Trinajstić information content (AvgIpc) is 2.12. The van der Waals surface area contributed by atoms with Crippen molar-refractivity contribution in [1.82, 2.24) is 0 Å². The van der Waals surface area contributed by atoms with Gasteiger partial charge in [0.25, 0.3) is 0 Å². The van der Waals surface area contributed by atoms with Crippen molar-refractivity contribution < 1.29 is 18.0 Å². The minimum Gasteiger partial charge on any atom is -0.308 e.